The number of carbonyl (C=O) groups is 1. The lowest BCUT2D eigenvalue weighted by molar-refractivity contribution is 0.100. The number of halogens is 1. The molecule has 0 fully saturated rings. The zero-order valence-corrected chi connectivity index (χ0v) is 10.2. The summed E-state index contributed by atoms with van der Waals surface area (Å²) in [6.45, 7) is 1.46. The van der Waals surface area contributed by atoms with Gasteiger partial charge in [-0.3, -0.25) is 4.79 Å². The minimum atomic E-state index is -0.128. The van der Waals surface area contributed by atoms with Crippen LogP contribution in [-0.4, -0.2) is 15.8 Å². The van der Waals surface area contributed by atoms with E-state index < -0.39 is 0 Å². The van der Waals surface area contributed by atoms with E-state index in [0.717, 1.165) is 15.7 Å². The number of aromatic nitrogens is 2. The van der Waals surface area contributed by atoms with Crippen LogP contribution in [-0.2, 0) is 0 Å². The van der Waals surface area contributed by atoms with Gasteiger partial charge in [-0.1, -0.05) is 28.1 Å². The number of carbonyl (C=O) groups excluding carboxylic acids is 1. The maximum Gasteiger partial charge on any atom is 0.196 e. The van der Waals surface area contributed by atoms with E-state index in [1.807, 2.05) is 24.3 Å². The first-order chi connectivity index (χ1) is 7.66. The molecule has 0 atom stereocenters. The maximum absolute atomic E-state index is 11.2. The first kappa shape index (κ1) is 11.0. The Bertz CT molecular complexity index is 540. The Hall–Kier alpha value is -1.55. The van der Waals surface area contributed by atoms with E-state index in [-0.39, 0.29) is 11.6 Å². The topological polar surface area (TPSA) is 42.9 Å². The second-order valence-electron chi connectivity index (χ2n) is 3.33. The van der Waals surface area contributed by atoms with Crippen molar-refractivity contribution in [3.05, 3.63) is 46.8 Å². The van der Waals surface area contributed by atoms with E-state index in [1.165, 1.54) is 6.92 Å². The number of ketones is 1. The number of hydrogen-bond acceptors (Lipinski definition) is 3. The van der Waals surface area contributed by atoms with Gasteiger partial charge in [0.25, 0.3) is 0 Å². The molecule has 0 aliphatic carbocycles. The Morgan fingerprint density at radius 1 is 1.31 bits per heavy atom. The molecule has 0 bridgehead atoms. The predicted octanol–water partition coefficient (Wildman–Crippen LogP) is 3.11. The van der Waals surface area contributed by atoms with Crippen LogP contribution in [0.3, 0.4) is 0 Å². The third-order valence-electron chi connectivity index (χ3n) is 2.09. The van der Waals surface area contributed by atoms with Gasteiger partial charge in [-0.2, -0.15) is 0 Å². The second-order valence-corrected chi connectivity index (χ2v) is 4.25. The van der Waals surface area contributed by atoms with Crippen molar-refractivity contribution in [3.63, 3.8) is 0 Å². The van der Waals surface area contributed by atoms with Crippen LogP contribution in [0, 0.1) is 0 Å². The first-order valence-electron chi connectivity index (χ1n) is 4.77. The largest absolute Gasteiger partial charge is 0.291 e. The van der Waals surface area contributed by atoms with Crippen molar-refractivity contribution in [1.29, 1.82) is 0 Å². The SMILES string of the molecule is CC(=O)c1nccc(-c2cccc(Br)c2)n1. The van der Waals surface area contributed by atoms with Crippen molar-refractivity contribution in [1.82, 2.24) is 9.97 Å². The first-order valence-corrected chi connectivity index (χ1v) is 5.56. The van der Waals surface area contributed by atoms with Gasteiger partial charge in [-0.25, -0.2) is 9.97 Å². The maximum atomic E-state index is 11.2. The Balaban J connectivity index is 2.48. The molecule has 2 rings (SSSR count). The highest BCUT2D eigenvalue weighted by Crippen LogP contribution is 2.20. The summed E-state index contributed by atoms with van der Waals surface area (Å²) in [6, 6.07) is 9.54. The normalized spacial score (nSPS) is 10.1. The van der Waals surface area contributed by atoms with Gasteiger partial charge in [-0.05, 0) is 18.2 Å². The average molecular weight is 277 g/mol. The summed E-state index contributed by atoms with van der Waals surface area (Å²) in [4.78, 5) is 19.3. The summed E-state index contributed by atoms with van der Waals surface area (Å²) in [5.41, 5.74) is 1.71. The summed E-state index contributed by atoms with van der Waals surface area (Å²) in [5, 5.41) is 0. The van der Waals surface area contributed by atoms with Crippen molar-refractivity contribution in [2.24, 2.45) is 0 Å². The van der Waals surface area contributed by atoms with Gasteiger partial charge in [0.1, 0.15) is 0 Å². The van der Waals surface area contributed by atoms with E-state index in [2.05, 4.69) is 25.9 Å². The molecular weight excluding hydrogens is 268 g/mol. The van der Waals surface area contributed by atoms with E-state index >= 15 is 0 Å². The van der Waals surface area contributed by atoms with Crippen LogP contribution in [0.25, 0.3) is 11.3 Å². The molecule has 0 spiro atoms. The molecule has 0 unspecified atom stereocenters. The van der Waals surface area contributed by atoms with E-state index in [0.29, 0.717) is 0 Å². The summed E-state index contributed by atoms with van der Waals surface area (Å²) >= 11 is 3.40. The summed E-state index contributed by atoms with van der Waals surface area (Å²) in [7, 11) is 0. The molecule has 0 saturated heterocycles. The van der Waals surface area contributed by atoms with Gasteiger partial charge in [0, 0.05) is 23.2 Å². The third-order valence-corrected chi connectivity index (χ3v) is 2.58. The van der Waals surface area contributed by atoms with Crippen molar-refractivity contribution < 1.29 is 4.79 Å². The number of Topliss-reactive ketones (excluding diaryl/α,β-unsaturated/α-hetero) is 1. The number of rotatable bonds is 2. The lowest BCUT2D eigenvalue weighted by atomic mass is 10.1. The van der Waals surface area contributed by atoms with Crippen LogP contribution in [0.4, 0.5) is 0 Å². The van der Waals surface area contributed by atoms with Gasteiger partial charge in [0.05, 0.1) is 5.69 Å². The smallest absolute Gasteiger partial charge is 0.196 e. The Kier molecular flexibility index (Phi) is 3.10. The Morgan fingerprint density at radius 3 is 2.81 bits per heavy atom. The van der Waals surface area contributed by atoms with Gasteiger partial charge >= 0.3 is 0 Å². The van der Waals surface area contributed by atoms with Crippen molar-refractivity contribution >= 4 is 21.7 Å². The summed E-state index contributed by atoms with van der Waals surface area (Å²) in [6.07, 6.45) is 1.60. The minimum absolute atomic E-state index is 0.128. The van der Waals surface area contributed by atoms with Gasteiger partial charge < -0.3 is 0 Å². The lowest BCUT2D eigenvalue weighted by Crippen LogP contribution is -2.01. The van der Waals surface area contributed by atoms with Crippen LogP contribution in [0.5, 0.6) is 0 Å². The molecule has 0 N–H and O–H groups in total. The third kappa shape index (κ3) is 2.33. The van der Waals surface area contributed by atoms with Crippen LogP contribution in [0.1, 0.15) is 17.5 Å². The molecule has 4 heteroatoms. The van der Waals surface area contributed by atoms with Crippen molar-refractivity contribution in [2.45, 2.75) is 6.92 Å². The van der Waals surface area contributed by atoms with E-state index in [9.17, 15) is 4.79 Å². The molecule has 1 aromatic heterocycles. The number of nitrogens with zero attached hydrogens (tertiary/aromatic N) is 2. The second kappa shape index (κ2) is 4.53. The van der Waals surface area contributed by atoms with E-state index in [4.69, 9.17) is 0 Å². The quantitative estimate of drug-likeness (QED) is 0.792. The van der Waals surface area contributed by atoms with Gasteiger partial charge in [0.2, 0.25) is 0 Å². The average Bonchev–Trinajstić information content (AvgIpc) is 2.29. The molecule has 1 heterocycles. The van der Waals surface area contributed by atoms with Gasteiger partial charge in [-0.15, -0.1) is 0 Å². The highest BCUT2D eigenvalue weighted by Gasteiger charge is 2.05. The van der Waals surface area contributed by atoms with Crippen molar-refractivity contribution in [3.8, 4) is 11.3 Å². The van der Waals surface area contributed by atoms with Crippen LogP contribution in [0.2, 0.25) is 0 Å². The standard InChI is InChI=1S/C12H9BrN2O/c1-8(16)12-14-6-5-11(15-12)9-3-2-4-10(13)7-9/h2-7H,1H3. The Morgan fingerprint density at radius 2 is 2.12 bits per heavy atom. The molecule has 3 nitrogen and oxygen atoms in total. The van der Waals surface area contributed by atoms with Crippen molar-refractivity contribution in [2.75, 3.05) is 0 Å². The highest BCUT2D eigenvalue weighted by atomic mass is 79.9. The molecule has 0 radical (unpaired) electrons. The zero-order valence-electron chi connectivity index (χ0n) is 8.64. The lowest BCUT2D eigenvalue weighted by Gasteiger charge is -2.02. The molecule has 16 heavy (non-hydrogen) atoms. The fraction of sp³-hybridized carbons (Fsp3) is 0.0833. The zero-order chi connectivity index (χ0) is 11.5. The fourth-order valence-corrected chi connectivity index (χ4v) is 1.74. The highest BCUT2D eigenvalue weighted by molar-refractivity contribution is 9.10. The molecule has 0 saturated carbocycles. The predicted molar refractivity (Wildman–Crippen MR) is 65.2 cm³/mol. The van der Waals surface area contributed by atoms with Crippen LogP contribution in [0.15, 0.2) is 41.0 Å². The Labute approximate surface area is 102 Å². The molecule has 0 aliphatic heterocycles. The van der Waals surface area contributed by atoms with Crippen LogP contribution >= 0.6 is 15.9 Å². The number of hydrogen-bond donors (Lipinski definition) is 0. The van der Waals surface area contributed by atoms with E-state index in [1.54, 1.807) is 12.3 Å². The fourth-order valence-electron chi connectivity index (χ4n) is 1.34. The van der Waals surface area contributed by atoms with Crippen LogP contribution < -0.4 is 0 Å². The molecule has 0 amide bonds. The molecule has 80 valence electrons. The summed E-state index contributed by atoms with van der Waals surface area (Å²) < 4.78 is 0.980. The summed E-state index contributed by atoms with van der Waals surface area (Å²) in [5.74, 6) is 0.120. The van der Waals surface area contributed by atoms with Gasteiger partial charge in [0.15, 0.2) is 11.6 Å². The monoisotopic (exact) mass is 276 g/mol. The minimum Gasteiger partial charge on any atom is -0.291 e. The molecule has 0 aliphatic rings. The number of benzene rings is 1. The molecule has 2 aromatic rings. The molecule has 1 aromatic carbocycles. The molecular formula is C12H9BrN2O.